The number of unbranched alkanes of at least 4 members (excludes halogenated alkanes) is 19. The molecule has 0 radical (unpaired) electrons. The predicted molar refractivity (Wildman–Crippen MR) is 134 cm³/mol. The van der Waals surface area contributed by atoms with Crippen molar-refractivity contribution in [3.8, 4) is 0 Å². The normalized spacial score (nSPS) is 12.2. The summed E-state index contributed by atoms with van der Waals surface area (Å²) in [5.74, 6) is -2.98. The predicted octanol–water partition coefficient (Wildman–Crippen LogP) is 2.75. The average Bonchev–Trinajstić information content (AvgIpc) is 2.77. The van der Waals surface area contributed by atoms with Gasteiger partial charge in [-0.1, -0.05) is 129 Å². The molecule has 202 valence electrons. The fraction of sp³-hybridized carbons (Fsp3) is 0.923. The molecule has 9 heteroatoms. The molecule has 0 aromatic carbocycles. The maximum Gasteiger partial charge on any atom is 1.00 e. The van der Waals surface area contributed by atoms with Gasteiger partial charge in [-0.15, -0.1) is 0 Å². The van der Waals surface area contributed by atoms with Gasteiger partial charge in [0.1, 0.15) is 0 Å². The van der Waals surface area contributed by atoms with Crippen LogP contribution in [0.25, 0.3) is 0 Å². The Hall–Kier alpha value is -0.150. The van der Waals surface area contributed by atoms with Gasteiger partial charge in [0.25, 0.3) is 10.1 Å². The van der Waals surface area contributed by atoms with Crippen molar-refractivity contribution in [1.29, 1.82) is 0 Å². The number of carboxylic acid groups (broad SMARTS) is 1. The van der Waals surface area contributed by atoms with E-state index >= 15 is 0 Å². The number of esters is 1. The molecule has 1 N–H and O–H groups in total. The Morgan fingerprint density at radius 1 is 0.686 bits per heavy atom. The molecule has 0 bridgehead atoms. The van der Waals surface area contributed by atoms with E-state index in [1.165, 1.54) is 103 Å². The molecule has 0 aromatic heterocycles. The summed E-state index contributed by atoms with van der Waals surface area (Å²) >= 11 is 0. The first-order valence-corrected chi connectivity index (χ1v) is 15.1. The Morgan fingerprint density at radius 3 is 1.29 bits per heavy atom. The number of carbonyl (C=O) groups excluding carboxylic acids is 2. The monoisotopic (exact) mass is 528 g/mol. The summed E-state index contributed by atoms with van der Waals surface area (Å²) in [5, 5.41) is 8.41. The van der Waals surface area contributed by atoms with Crippen molar-refractivity contribution in [1.82, 2.24) is 0 Å². The number of aliphatic carboxylic acids is 1. The fourth-order valence-electron chi connectivity index (χ4n) is 4.08. The summed E-state index contributed by atoms with van der Waals surface area (Å²) in [4.78, 5) is 22.2. The summed E-state index contributed by atoms with van der Waals surface area (Å²) in [7, 11) is -4.83. The Morgan fingerprint density at radius 2 is 1.00 bits per heavy atom. The fourth-order valence-corrected chi connectivity index (χ4v) is 4.74. The Bertz CT molecular complexity index is 611. The van der Waals surface area contributed by atoms with Crippen LogP contribution in [0.1, 0.15) is 142 Å². The van der Waals surface area contributed by atoms with E-state index in [1.54, 1.807) is 0 Å². The van der Waals surface area contributed by atoms with Crippen LogP contribution in [0.3, 0.4) is 0 Å². The van der Waals surface area contributed by atoms with E-state index in [9.17, 15) is 23.1 Å². The second-order valence-electron chi connectivity index (χ2n) is 9.46. The van der Waals surface area contributed by atoms with Gasteiger partial charge >= 0.3 is 35.5 Å². The molecule has 0 aliphatic heterocycles. The van der Waals surface area contributed by atoms with Crippen molar-refractivity contribution in [2.24, 2.45) is 0 Å². The molecule has 0 aliphatic rings. The van der Waals surface area contributed by atoms with E-state index in [-0.39, 0.29) is 36.2 Å². The average molecular weight is 529 g/mol. The summed E-state index contributed by atoms with van der Waals surface area (Å²) < 4.78 is 35.9. The number of carbonyl (C=O) groups is 2. The van der Waals surface area contributed by atoms with Crippen LogP contribution in [0.4, 0.5) is 0 Å². The Balaban J connectivity index is 0. The third-order valence-electron chi connectivity index (χ3n) is 6.22. The number of carboxylic acids is 1. The summed E-state index contributed by atoms with van der Waals surface area (Å²) in [6.45, 7) is 2.27. The third-order valence-corrected chi connectivity index (χ3v) is 7.29. The molecule has 7 nitrogen and oxygen atoms in total. The first-order chi connectivity index (χ1) is 16.3. The van der Waals surface area contributed by atoms with E-state index < -0.39 is 33.7 Å². The van der Waals surface area contributed by atoms with Crippen LogP contribution in [0, 0.1) is 0 Å². The SMILES string of the molecule is CCCCCCCCCCCCCCCCCCCCCCOC(=O)C(CC(=O)[O-])S(=O)(=O)O.[Na+]. The van der Waals surface area contributed by atoms with Crippen LogP contribution in [0.15, 0.2) is 0 Å². The summed E-state index contributed by atoms with van der Waals surface area (Å²) in [5.41, 5.74) is 0. The molecule has 0 aromatic rings. The minimum atomic E-state index is -4.83. The van der Waals surface area contributed by atoms with Gasteiger partial charge in [0.05, 0.1) is 6.61 Å². The molecule has 0 saturated heterocycles. The summed E-state index contributed by atoms with van der Waals surface area (Å²) in [6.07, 6.45) is 24.1. The smallest absolute Gasteiger partial charge is 0.550 e. The van der Waals surface area contributed by atoms with Crippen LogP contribution in [0.5, 0.6) is 0 Å². The van der Waals surface area contributed by atoms with Gasteiger partial charge in [-0.2, -0.15) is 8.42 Å². The van der Waals surface area contributed by atoms with Crippen molar-refractivity contribution in [3.63, 3.8) is 0 Å². The van der Waals surface area contributed by atoms with Crippen LogP contribution >= 0.6 is 0 Å². The van der Waals surface area contributed by atoms with Crippen molar-refractivity contribution in [3.05, 3.63) is 0 Å². The maximum absolute atomic E-state index is 11.7. The van der Waals surface area contributed by atoms with E-state index in [0.717, 1.165) is 19.3 Å². The molecule has 0 spiro atoms. The van der Waals surface area contributed by atoms with Crippen LogP contribution < -0.4 is 34.7 Å². The van der Waals surface area contributed by atoms with Gasteiger partial charge in [0.2, 0.25) is 0 Å². The first-order valence-electron chi connectivity index (χ1n) is 13.6. The van der Waals surface area contributed by atoms with Gasteiger partial charge in [0.15, 0.2) is 5.25 Å². The largest absolute Gasteiger partial charge is 1.00 e. The van der Waals surface area contributed by atoms with Crippen LogP contribution in [0.2, 0.25) is 0 Å². The van der Waals surface area contributed by atoms with Crippen molar-refractivity contribution < 1.29 is 62.0 Å². The third kappa shape index (κ3) is 25.3. The van der Waals surface area contributed by atoms with E-state index in [1.807, 2.05) is 0 Å². The van der Waals surface area contributed by atoms with Crippen molar-refractivity contribution >= 4 is 22.1 Å². The minimum absolute atomic E-state index is 0. The standard InChI is InChI=1S/C26H50O7S.Na/c1-2-3-4-5-6-7-8-9-10-11-12-13-14-15-16-17-18-19-20-21-22-33-26(29)24(23-25(27)28)34(30,31)32;/h24H,2-23H2,1H3,(H,27,28)(H,30,31,32);/q;+1/p-1. The molecule has 0 aliphatic carbocycles. The minimum Gasteiger partial charge on any atom is -0.550 e. The molecule has 0 fully saturated rings. The molecule has 35 heavy (non-hydrogen) atoms. The van der Waals surface area contributed by atoms with Crippen molar-refractivity contribution in [2.75, 3.05) is 6.61 Å². The van der Waals surface area contributed by atoms with Crippen LogP contribution in [-0.4, -0.2) is 36.8 Å². The second-order valence-corrected chi connectivity index (χ2v) is 11.1. The molecular weight excluding hydrogens is 479 g/mol. The van der Waals surface area contributed by atoms with E-state index in [4.69, 9.17) is 9.29 Å². The van der Waals surface area contributed by atoms with Gasteiger partial charge in [0, 0.05) is 12.4 Å². The van der Waals surface area contributed by atoms with Gasteiger partial charge in [-0.05, 0) is 6.42 Å². The Labute approximate surface area is 236 Å². The van der Waals surface area contributed by atoms with Crippen LogP contribution in [-0.2, 0) is 24.4 Å². The van der Waals surface area contributed by atoms with E-state index in [0.29, 0.717) is 6.42 Å². The molecule has 0 heterocycles. The number of hydrogen-bond donors (Lipinski definition) is 1. The zero-order valence-corrected chi connectivity index (χ0v) is 25.3. The summed E-state index contributed by atoms with van der Waals surface area (Å²) in [6, 6.07) is 0. The number of hydrogen-bond acceptors (Lipinski definition) is 6. The molecule has 1 atom stereocenters. The molecule has 0 amide bonds. The second kappa shape index (κ2) is 25.5. The van der Waals surface area contributed by atoms with E-state index in [2.05, 4.69) is 6.92 Å². The number of rotatable bonds is 25. The zero-order chi connectivity index (χ0) is 25.5. The maximum atomic E-state index is 11.7. The number of ether oxygens (including phenoxy) is 1. The van der Waals surface area contributed by atoms with Gasteiger partial charge in [-0.3, -0.25) is 9.35 Å². The van der Waals surface area contributed by atoms with Crippen molar-refractivity contribution in [2.45, 2.75) is 147 Å². The Kier molecular flexibility index (Phi) is 27.0. The van der Waals surface area contributed by atoms with Gasteiger partial charge < -0.3 is 14.6 Å². The molecule has 0 rings (SSSR count). The zero-order valence-electron chi connectivity index (χ0n) is 22.4. The van der Waals surface area contributed by atoms with Gasteiger partial charge in [-0.25, -0.2) is 0 Å². The first kappa shape index (κ1) is 37.0. The molecule has 1 unspecified atom stereocenters. The quantitative estimate of drug-likeness (QED) is 0.0837. The molecule has 0 saturated carbocycles. The molecular formula is C26H49NaO7S. The topological polar surface area (TPSA) is 121 Å².